The maximum atomic E-state index is 11.2. The predicted molar refractivity (Wildman–Crippen MR) is 75.0 cm³/mol. The van der Waals surface area contributed by atoms with E-state index in [0.29, 0.717) is 0 Å². The Hall–Kier alpha value is -2.62. The van der Waals surface area contributed by atoms with Crippen LogP contribution in [-0.4, -0.2) is 28.6 Å². The average Bonchev–Trinajstić information content (AvgIpc) is 2.97. The van der Waals surface area contributed by atoms with Crippen LogP contribution >= 0.6 is 0 Å². The van der Waals surface area contributed by atoms with Gasteiger partial charge >= 0.3 is 5.97 Å². The van der Waals surface area contributed by atoms with Crippen LogP contribution in [0.15, 0.2) is 18.2 Å². The number of hydrogen-bond acceptors (Lipinski definition) is 5. The highest BCUT2D eigenvalue weighted by molar-refractivity contribution is 5.77. The summed E-state index contributed by atoms with van der Waals surface area (Å²) >= 11 is 0. The van der Waals surface area contributed by atoms with Gasteiger partial charge in [-0.15, -0.1) is 0 Å². The van der Waals surface area contributed by atoms with E-state index in [1.807, 2.05) is 6.07 Å². The summed E-state index contributed by atoms with van der Waals surface area (Å²) in [6.07, 6.45) is 3.57. The highest BCUT2D eigenvalue weighted by atomic mass is 16.6. The SMILES string of the molecule is N#Cc1ccc([N+](=O)[O-])c(N(CC(=O)O)C2CCCC2)c1. The van der Waals surface area contributed by atoms with Gasteiger partial charge in [-0.25, -0.2) is 0 Å². The summed E-state index contributed by atoms with van der Waals surface area (Å²) < 4.78 is 0. The molecule has 1 saturated carbocycles. The first-order valence-electron chi connectivity index (χ1n) is 6.70. The number of hydrogen-bond donors (Lipinski definition) is 1. The van der Waals surface area contributed by atoms with Crippen LogP contribution in [0.1, 0.15) is 31.2 Å². The molecule has 1 aromatic rings. The van der Waals surface area contributed by atoms with Crippen LogP contribution in [0.5, 0.6) is 0 Å². The zero-order chi connectivity index (χ0) is 15.4. The Morgan fingerprint density at radius 1 is 1.48 bits per heavy atom. The van der Waals surface area contributed by atoms with Crippen molar-refractivity contribution < 1.29 is 14.8 Å². The molecule has 0 atom stereocenters. The molecule has 0 radical (unpaired) electrons. The van der Waals surface area contributed by atoms with Gasteiger partial charge in [0.1, 0.15) is 12.2 Å². The normalized spacial score (nSPS) is 14.6. The standard InChI is InChI=1S/C14H15N3O4/c15-8-10-5-6-12(17(20)21)13(7-10)16(9-14(18)19)11-3-1-2-4-11/h5-7,11H,1-4,9H2,(H,18,19). The molecule has 1 aliphatic carbocycles. The summed E-state index contributed by atoms with van der Waals surface area (Å²) in [7, 11) is 0. The fourth-order valence-corrected chi connectivity index (χ4v) is 2.75. The zero-order valence-corrected chi connectivity index (χ0v) is 11.4. The van der Waals surface area contributed by atoms with Gasteiger partial charge in [-0.05, 0) is 25.0 Å². The van der Waals surface area contributed by atoms with Crippen molar-refractivity contribution in [2.24, 2.45) is 0 Å². The third-order valence-electron chi connectivity index (χ3n) is 3.68. The number of rotatable bonds is 5. The molecule has 2 rings (SSSR count). The smallest absolute Gasteiger partial charge is 0.323 e. The number of nitro benzene ring substituents is 1. The van der Waals surface area contributed by atoms with Crippen molar-refractivity contribution in [3.8, 4) is 6.07 Å². The summed E-state index contributed by atoms with van der Waals surface area (Å²) in [6.45, 7) is -0.305. The zero-order valence-electron chi connectivity index (χ0n) is 11.4. The molecule has 1 N–H and O–H groups in total. The highest BCUT2D eigenvalue weighted by Gasteiger charge is 2.29. The van der Waals surface area contributed by atoms with E-state index in [2.05, 4.69) is 0 Å². The molecular formula is C14H15N3O4. The molecular weight excluding hydrogens is 274 g/mol. The van der Waals surface area contributed by atoms with Crippen LogP contribution in [0, 0.1) is 21.4 Å². The van der Waals surface area contributed by atoms with E-state index >= 15 is 0 Å². The van der Waals surface area contributed by atoms with Gasteiger partial charge in [0.2, 0.25) is 0 Å². The van der Waals surface area contributed by atoms with Gasteiger partial charge in [0.05, 0.1) is 16.6 Å². The third-order valence-corrected chi connectivity index (χ3v) is 3.68. The number of benzene rings is 1. The molecule has 7 nitrogen and oxygen atoms in total. The van der Waals surface area contributed by atoms with Crippen LogP contribution in [0.4, 0.5) is 11.4 Å². The first-order chi connectivity index (χ1) is 10.0. The van der Waals surface area contributed by atoms with E-state index < -0.39 is 10.9 Å². The van der Waals surface area contributed by atoms with Crippen LogP contribution in [-0.2, 0) is 4.79 Å². The molecule has 1 fully saturated rings. The number of carbonyl (C=O) groups is 1. The lowest BCUT2D eigenvalue weighted by atomic mass is 10.1. The van der Waals surface area contributed by atoms with E-state index in [1.165, 1.54) is 18.2 Å². The Morgan fingerprint density at radius 2 is 2.14 bits per heavy atom. The van der Waals surface area contributed by atoms with Gasteiger partial charge in [0.25, 0.3) is 5.69 Å². The lowest BCUT2D eigenvalue weighted by Gasteiger charge is -2.29. The molecule has 0 aromatic heterocycles. The fraction of sp³-hybridized carbons (Fsp3) is 0.429. The third kappa shape index (κ3) is 3.28. The van der Waals surface area contributed by atoms with Crippen molar-refractivity contribution in [3.05, 3.63) is 33.9 Å². The molecule has 110 valence electrons. The van der Waals surface area contributed by atoms with E-state index in [9.17, 15) is 14.9 Å². The molecule has 1 aliphatic rings. The minimum Gasteiger partial charge on any atom is -0.480 e. The Balaban J connectivity index is 2.48. The number of nitro groups is 1. The number of nitriles is 1. The first-order valence-corrected chi connectivity index (χ1v) is 6.70. The van der Waals surface area contributed by atoms with Crippen molar-refractivity contribution in [3.63, 3.8) is 0 Å². The number of anilines is 1. The summed E-state index contributed by atoms with van der Waals surface area (Å²) in [5, 5.41) is 29.2. The van der Waals surface area contributed by atoms with E-state index in [0.717, 1.165) is 25.7 Å². The van der Waals surface area contributed by atoms with Gasteiger partial charge in [-0.1, -0.05) is 12.8 Å². The first kappa shape index (κ1) is 14.8. The van der Waals surface area contributed by atoms with Crippen LogP contribution in [0.3, 0.4) is 0 Å². The van der Waals surface area contributed by atoms with Crippen LogP contribution in [0.2, 0.25) is 0 Å². The van der Waals surface area contributed by atoms with Crippen molar-refractivity contribution in [1.82, 2.24) is 0 Å². The maximum Gasteiger partial charge on any atom is 0.323 e. The maximum absolute atomic E-state index is 11.2. The molecule has 0 bridgehead atoms. The van der Waals surface area contributed by atoms with Gasteiger partial charge in [-0.3, -0.25) is 14.9 Å². The molecule has 0 aliphatic heterocycles. The number of nitrogens with zero attached hydrogens (tertiary/aromatic N) is 3. The molecule has 0 saturated heterocycles. The van der Waals surface area contributed by atoms with Crippen molar-refractivity contribution in [2.75, 3.05) is 11.4 Å². The summed E-state index contributed by atoms with van der Waals surface area (Å²) in [5.41, 5.74) is 0.333. The molecule has 0 spiro atoms. The fourth-order valence-electron chi connectivity index (χ4n) is 2.75. The molecule has 0 amide bonds. The van der Waals surface area contributed by atoms with E-state index in [1.54, 1.807) is 4.90 Å². The Labute approximate surface area is 121 Å². The largest absolute Gasteiger partial charge is 0.480 e. The lowest BCUT2D eigenvalue weighted by Crippen LogP contribution is -2.38. The second kappa shape index (κ2) is 6.22. The summed E-state index contributed by atoms with van der Waals surface area (Å²) in [5.74, 6) is -1.04. The van der Waals surface area contributed by atoms with Crippen LogP contribution in [0.25, 0.3) is 0 Å². The second-order valence-corrected chi connectivity index (χ2v) is 5.03. The van der Waals surface area contributed by atoms with Gasteiger partial charge < -0.3 is 10.0 Å². The van der Waals surface area contributed by atoms with E-state index in [4.69, 9.17) is 10.4 Å². The Kier molecular flexibility index (Phi) is 4.38. The second-order valence-electron chi connectivity index (χ2n) is 5.03. The quantitative estimate of drug-likeness (QED) is 0.658. The van der Waals surface area contributed by atoms with Gasteiger partial charge in [0.15, 0.2) is 0 Å². The van der Waals surface area contributed by atoms with Crippen molar-refractivity contribution in [1.29, 1.82) is 5.26 Å². The Morgan fingerprint density at radius 3 is 2.67 bits per heavy atom. The lowest BCUT2D eigenvalue weighted by molar-refractivity contribution is -0.384. The predicted octanol–water partition coefficient (Wildman–Crippen LogP) is 2.30. The number of aliphatic carboxylic acids is 1. The molecule has 0 heterocycles. The topological polar surface area (TPSA) is 107 Å². The van der Waals surface area contributed by atoms with Crippen molar-refractivity contribution in [2.45, 2.75) is 31.7 Å². The molecule has 1 aromatic carbocycles. The van der Waals surface area contributed by atoms with E-state index in [-0.39, 0.29) is 29.5 Å². The monoisotopic (exact) mass is 289 g/mol. The van der Waals surface area contributed by atoms with Crippen molar-refractivity contribution >= 4 is 17.3 Å². The molecule has 0 unspecified atom stereocenters. The molecule has 7 heteroatoms. The van der Waals surface area contributed by atoms with Gasteiger partial charge in [0, 0.05) is 12.1 Å². The minimum atomic E-state index is -1.04. The summed E-state index contributed by atoms with van der Waals surface area (Å²) in [4.78, 5) is 23.3. The molecule has 21 heavy (non-hydrogen) atoms. The Bertz CT molecular complexity index is 603. The number of carboxylic acid groups (broad SMARTS) is 1. The van der Waals surface area contributed by atoms with Gasteiger partial charge in [-0.2, -0.15) is 5.26 Å². The minimum absolute atomic E-state index is 0.0336. The summed E-state index contributed by atoms with van der Waals surface area (Å²) in [6, 6.07) is 5.94. The average molecular weight is 289 g/mol. The van der Waals surface area contributed by atoms with Crippen LogP contribution < -0.4 is 4.90 Å². The number of carboxylic acids is 1. The highest BCUT2D eigenvalue weighted by Crippen LogP contribution is 2.34.